The van der Waals surface area contributed by atoms with E-state index in [1.165, 1.54) is 36.9 Å². The summed E-state index contributed by atoms with van der Waals surface area (Å²) in [4.78, 5) is 8.93. The fourth-order valence-electron chi connectivity index (χ4n) is 2.53. The Labute approximate surface area is 110 Å². The average Bonchev–Trinajstić information content (AvgIpc) is 2.63. The summed E-state index contributed by atoms with van der Waals surface area (Å²) in [6.45, 7) is 6.78. The van der Waals surface area contributed by atoms with Gasteiger partial charge in [-0.15, -0.1) is 0 Å². The first kappa shape index (κ1) is 13.3. The largest absolute Gasteiger partial charge is 0.367 e. The van der Waals surface area contributed by atoms with Gasteiger partial charge < -0.3 is 5.32 Å². The highest BCUT2D eigenvalue weighted by molar-refractivity contribution is 5.47. The van der Waals surface area contributed by atoms with Crippen LogP contribution in [-0.4, -0.2) is 16.0 Å². The highest BCUT2D eigenvalue weighted by atomic mass is 15.0. The summed E-state index contributed by atoms with van der Waals surface area (Å²) in [5.41, 5.74) is 2.63. The summed E-state index contributed by atoms with van der Waals surface area (Å²) in [5, 5.41) is 3.60. The monoisotopic (exact) mass is 247 g/mol. The maximum atomic E-state index is 4.47. The molecule has 0 spiro atoms. The number of aryl methyl sites for hydroxylation is 1. The molecule has 0 aromatic carbocycles. The molecule has 0 bridgehead atoms. The van der Waals surface area contributed by atoms with Crippen molar-refractivity contribution in [1.29, 1.82) is 0 Å². The summed E-state index contributed by atoms with van der Waals surface area (Å²) in [6, 6.07) is 0.470. The van der Waals surface area contributed by atoms with Crippen molar-refractivity contribution in [2.75, 3.05) is 5.32 Å². The van der Waals surface area contributed by atoms with Gasteiger partial charge in [-0.2, -0.15) is 0 Å². The fraction of sp³-hybridized carbons (Fsp3) is 0.733. The Morgan fingerprint density at radius 2 is 1.94 bits per heavy atom. The molecule has 0 amide bonds. The molecule has 1 N–H and O–H groups in total. The zero-order valence-electron chi connectivity index (χ0n) is 11.9. The SMILES string of the molecule is CCC(C)C(C)Nc1ncnc2c1CCCCC2. The second-order valence-corrected chi connectivity index (χ2v) is 5.53. The van der Waals surface area contributed by atoms with Crippen molar-refractivity contribution in [1.82, 2.24) is 9.97 Å². The van der Waals surface area contributed by atoms with Gasteiger partial charge in [0.1, 0.15) is 12.1 Å². The molecule has 2 rings (SSSR count). The normalized spacial score (nSPS) is 18.6. The van der Waals surface area contributed by atoms with Crippen molar-refractivity contribution in [3.05, 3.63) is 17.6 Å². The molecule has 1 aliphatic carbocycles. The first-order valence-electron chi connectivity index (χ1n) is 7.31. The number of nitrogens with one attached hydrogen (secondary N) is 1. The molecule has 2 atom stereocenters. The Hall–Kier alpha value is -1.12. The van der Waals surface area contributed by atoms with Crippen molar-refractivity contribution in [3.8, 4) is 0 Å². The van der Waals surface area contributed by atoms with E-state index in [1.807, 2.05) is 0 Å². The second kappa shape index (κ2) is 6.17. The van der Waals surface area contributed by atoms with Crippen LogP contribution in [0.4, 0.5) is 5.82 Å². The first-order valence-corrected chi connectivity index (χ1v) is 7.31. The smallest absolute Gasteiger partial charge is 0.133 e. The Morgan fingerprint density at radius 1 is 1.17 bits per heavy atom. The molecule has 0 saturated carbocycles. The van der Waals surface area contributed by atoms with Crippen LogP contribution in [0.25, 0.3) is 0 Å². The minimum Gasteiger partial charge on any atom is -0.367 e. The maximum absolute atomic E-state index is 4.47. The van der Waals surface area contributed by atoms with Crippen LogP contribution in [0, 0.1) is 5.92 Å². The Balaban J connectivity index is 2.18. The lowest BCUT2D eigenvalue weighted by atomic mass is 10.0. The molecule has 18 heavy (non-hydrogen) atoms. The topological polar surface area (TPSA) is 37.8 Å². The molecule has 0 saturated heterocycles. The van der Waals surface area contributed by atoms with Gasteiger partial charge in [0.05, 0.1) is 0 Å². The van der Waals surface area contributed by atoms with Crippen LogP contribution in [0.2, 0.25) is 0 Å². The standard InChI is InChI=1S/C15H25N3/c1-4-11(2)12(3)18-15-13-8-6-5-7-9-14(13)16-10-17-15/h10-12H,4-9H2,1-3H3,(H,16,17,18). The highest BCUT2D eigenvalue weighted by Crippen LogP contribution is 2.25. The minimum atomic E-state index is 0.470. The van der Waals surface area contributed by atoms with Crippen LogP contribution in [0.1, 0.15) is 57.7 Å². The highest BCUT2D eigenvalue weighted by Gasteiger charge is 2.17. The number of hydrogen-bond acceptors (Lipinski definition) is 3. The number of nitrogens with zero attached hydrogens (tertiary/aromatic N) is 2. The van der Waals surface area contributed by atoms with Crippen molar-refractivity contribution in [2.45, 2.75) is 65.3 Å². The summed E-state index contributed by atoms with van der Waals surface area (Å²) in [7, 11) is 0. The maximum Gasteiger partial charge on any atom is 0.133 e. The number of aromatic nitrogens is 2. The van der Waals surface area contributed by atoms with Crippen LogP contribution >= 0.6 is 0 Å². The molecular formula is C15H25N3. The molecule has 3 nitrogen and oxygen atoms in total. The molecule has 100 valence electrons. The third-order valence-corrected chi connectivity index (χ3v) is 4.24. The van der Waals surface area contributed by atoms with Crippen molar-refractivity contribution in [3.63, 3.8) is 0 Å². The molecule has 0 radical (unpaired) electrons. The fourth-order valence-corrected chi connectivity index (χ4v) is 2.53. The molecule has 0 fully saturated rings. The summed E-state index contributed by atoms with van der Waals surface area (Å²) in [6.07, 6.45) is 9.01. The van der Waals surface area contributed by atoms with Crippen LogP contribution in [0.3, 0.4) is 0 Å². The van der Waals surface area contributed by atoms with E-state index in [1.54, 1.807) is 6.33 Å². The lowest BCUT2D eigenvalue weighted by Gasteiger charge is -2.22. The molecule has 1 aliphatic rings. The van der Waals surface area contributed by atoms with Gasteiger partial charge in [-0.25, -0.2) is 9.97 Å². The number of anilines is 1. The van der Waals surface area contributed by atoms with Crippen LogP contribution in [-0.2, 0) is 12.8 Å². The number of fused-ring (bicyclic) bond motifs is 1. The molecule has 2 unspecified atom stereocenters. The van der Waals surface area contributed by atoms with Crippen molar-refractivity contribution in [2.24, 2.45) is 5.92 Å². The molecule has 3 heteroatoms. The number of hydrogen-bond donors (Lipinski definition) is 1. The van der Waals surface area contributed by atoms with Gasteiger partial charge >= 0.3 is 0 Å². The van der Waals surface area contributed by atoms with Crippen LogP contribution in [0.5, 0.6) is 0 Å². The first-order chi connectivity index (χ1) is 8.72. The minimum absolute atomic E-state index is 0.470. The summed E-state index contributed by atoms with van der Waals surface area (Å²) in [5.74, 6) is 1.75. The second-order valence-electron chi connectivity index (χ2n) is 5.53. The molecule has 1 aromatic rings. The van der Waals surface area contributed by atoms with Gasteiger partial charge in [-0.1, -0.05) is 26.7 Å². The van der Waals surface area contributed by atoms with E-state index < -0.39 is 0 Å². The van der Waals surface area contributed by atoms with Gasteiger partial charge in [0.25, 0.3) is 0 Å². The van der Waals surface area contributed by atoms with E-state index in [-0.39, 0.29) is 0 Å². The van der Waals surface area contributed by atoms with Gasteiger partial charge in [0.2, 0.25) is 0 Å². The third-order valence-electron chi connectivity index (χ3n) is 4.24. The van der Waals surface area contributed by atoms with Crippen molar-refractivity contribution >= 4 is 5.82 Å². The van der Waals surface area contributed by atoms with Crippen LogP contribution < -0.4 is 5.32 Å². The van der Waals surface area contributed by atoms with E-state index in [9.17, 15) is 0 Å². The Bertz CT molecular complexity index is 389. The van der Waals surface area contributed by atoms with E-state index >= 15 is 0 Å². The van der Waals surface area contributed by atoms with E-state index in [0.717, 1.165) is 18.7 Å². The summed E-state index contributed by atoms with van der Waals surface area (Å²) >= 11 is 0. The Morgan fingerprint density at radius 3 is 2.72 bits per heavy atom. The average molecular weight is 247 g/mol. The van der Waals surface area contributed by atoms with Gasteiger partial charge in [-0.05, 0) is 38.5 Å². The zero-order valence-corrected chi connectivity index (χ0v) is 11.9. The van der Waals surface area contributed by atoms with E-state index in [4.69, 9.17) is 0 Å². The molecule has 1 aromatic heterocycles. The summed E-state index contributed by atoms with van der Waals surface area (Å²) < 4.78 is 0. The molecule has 0 aliphatic heterocycles. The van der Waals surface area contributed by atoms with Gasteiger partial charge in [0, 0.05) is 17.3 Å². The molecule has 1 heterocycles. The Kier molecular flexibility index (Phi) is 4.56. The number of rotatable bonds is 4. The quantitative estimate of drug-likeness (QED) is 0.826. The zero-order chi connectivity index (χ0) is 13.0. The predicted molar refractivity (Wildman–Crippen MR) is 75.8 cm³/mol. The third kappa shape index (κ3) is 3.01. The van der Waals surface area contributed by atoms with Crippen LogP contribution in [0.15, 0.2) is 6.33 Å². The predicted octanol–water partition coefficient (Wildman–Crippen LogP) is 3.59. The van der Waals surface area contributed by atoms with Gasteiger partial charge in [-0.3, -0.25) is 0 Å². The van der Waals surface area contributed by atoms with Crippen molar-refractivity contribution < 1.29 is 0 Å². The lowest BCUT2D eigenvalue weighted by molar-refractivity contribution is 0.493. The van der Waals surface area contributed by atoms with E-state index in [2.05, 4.69) is 36.1 Å². The van der Waals surface area contributed by atoms with E-state index in [0.29, 0.717) is 12.0 Å². The molecular weight excluding hydrogens is 222 g/mol. The van der Waals surface area contributed by atoms with Gasteiger partial charge in [0.15, 0.2) is 0 Å². The lowest BCUT2D eigenvalue weighted by Crippen LogP contribution is -2.25.